The smallest absolute Gasteiger partial charge is 0.335 e. The predicted octanol–water partition coefficient (Wildman–Crippen LogP) is 2.17. The molecule has 0 spiro atoms. The van der Waals surface area contributed by atoms with Gasteiger partial charge in [-0.2, -0.15) is 0 Å². The highest BCUT2D eigenvalue weighted by Crippen LogP contribution is 2.44. The summed E-state index contributed by atoms with van der Waals surface area (Å²) >= 11 is 0. The number of ether oxygens (including phenoxy) is 1. The lowest BCUT2D eigenvalue weighted by Crippen LogP contribution is -2.07. The third kappa shape index (κ3) is 2.06. The van der Waals surface area contributed by atoms with Crippen molar-refractivity contribution in [1.82, 2.24) is 0 Å². The largest absolute Gasteiger partial charge is 0.484 e. The van der Waals surface area contributed by atoms with Gasteiger partial charge in [-0.05, 0) is 24.3 Å². The first-order chi connectivity index (χ1) is 6.99. The Labute approximate surface area is 84.3 Å². The molecular formula is C10H8F2O3. The quantitative estimate of drug-likeness (QED) is 0.838. The zero-order chi connectivity index (χ0) is 11.1. The maximum absolute atomic E-state index is 12.5. The molecule has 0 saturated heterocycles. The van der Waals surface area contributed by atoms with Gasteiger partial charge in [0.1, 0.15) is 5.75 Å². The van der Waals surface area contributed by atoms with Gasteiger partial charge in [0, 0.05) is 0 Å². The minimum absolute atomic E-state index is 0.102. The van der Waals surface area contributed by atoms with E-state index in [1.165, 1.54) is 24.3 Å². The maximum Gasteiger partial charge on any atom is 0.335 e. The highest BCUT2D eigenvalue weighted by atomic mass is 19.3. The Morgan fingerprint density at radius 3 is 2.33 bits per heavy atom. The Morgan fingerprint density at radius 1 is 1.40 bits per heavy atom. The Balaban J connectivity index is 2.02. The average molecular weight is 214 g/mol. The van der Waals surface area contributed by atoms with Gasteiger partial charge in [0.15, 0.2) is 6.10 Å². The van der Waals surface area contributed by atoms with Crippen LogP contribution in [-0.4, -0.2) is 23.1 Å². The molecule has 0 aromatic heterocycles. The summed E-state index contributed by atoms with van der Waals surface area (Å²) < 4.78 is 29.9. The van der Waals surface area contributed by atoms with E-state index in [9.17, 15) is 13.6 Å². The highest BCUT2D eigenvalue weighted by Gasteiger charge is 2.59. The van der Waals surface area contributed by atoms with Gasteiger partial charge in [0.25, 0.3) is 5.92 Å². The molecule has 5 heteroatoms. The van der Waals surface area contributed by atoms with Gasteiger partial charge in [-0.1, -0.05) is 0 Å². The first-order valence-corrected chi connectivity index (χ1v) is 4.37. The number of rotatable bonds is 3. The number of carboxylic acids is 1. The third-order valence-electron chi connectivity index (χ3n) is 2.15. The Morgan fingerprint density at radius 2 is 1.93 bits per heavy atom. The lowest BCUT2D eigenvalue weighted by atomic mass is 10.2. The van der Waals surface area contributed by atoms with Crippen LogP contribution in [0.15, 0.2) is 24.3 Å². The van der Waals surface area contributed by atoms with Crippen LogP contribution in [0.1, 0.15) is 16.8 Å². The van der Waals surface area contributed by atoms with E-state index in [2.05, 4.69) is 0 Å². The fraction of sp³-hybridized carbons (Fsp3) is 0.300. The average Bonchev–Trinajstić information content (AvgIpc) is 2.74. The normalized spacial score (nSPS) is 22.1. The van der Waals surface area contributed by atoms with E-state index < -0.39 is 18.0 Å². The van der Waals surface area contributed by atoms with Crippen LogP contribution in [-0.2, 0) is 0 Å². The van der Waals surface area contributed by atoms with Crippen LogP contribution < -0.4 is 4.74 Å². The van der Waals surface area contributed by atoms with E-state index in [1.807, 2.05) is 0 Å². The molecule has 0 heterocycles. The summed E-state index contributed by atoms with van der Waals surface area (Å²) in [5.41, 5.74) is 0.102. The summed E-state index contributed by atoms with van der Waals surface area (Å²) in [6.07, 6.45) is -1.33. The first kappa shape index (κ1) is 9.89. The van der Waals surface area contributed by atoms with Crippen molar-refractivity contribution in [2.45, 2.75) is 18.4 Å². The lowest BCUT2D eigenvalue weighted by molar-refractivity contribution is 0.0660. The number of hydrogen-bond acceptors (Lipinski definition) is 2. The predicted molar refractivity (Wildman–Crippen MR) is 47.4 cm³/mol. The topological polar surface area (TPSA) is 46.5 Å². The van der Waals surface area contributed by atoms with E-state index >= 15 is 0 Å². The molecule has 0 radical (unpaired) electrons. The second-order valence-corrected chi connectivity index (χ2v) is 3.40. The van der Waals surface area contributed by atoms with Crippen LogP contribution in [0.5, 0.6) is 5.75 Å². The molecule has 1 atom stereocenters. The van der Waals surface area contributed by atoms with Gasteiger partial charge in [-0.25, -0.2) is 13.6 Å². The van der Waals surface area contributed by atoms with E-state index in [0.29, 0.717) is 0 Å². The molecule has 1 fully saturated rings. The summed E-state index contributed by atoms with van der Waals surface area (Å²) in [6.45, 7) is 0. The zero-order valence-electron chi connectivity index (χ0n) is 7.61. The third-order valence-corrected chi connectivity index (χ3v) is 2.15. The summed E-state index contributed by atoms with van der Waals surface area (Å²) in [5, 5.41) is 8.59. The molecule has 1 aromatic carbocycles. The van der Waals surface area contributed by atoms with Gasteiger partial charge >= 0.3 is 5.97 Å². The summed E-state index contributed by atoms with van der Waals surface area (Å²) in [6, 6.07) is 5.38. The fourth-order valence-corrected chi connectivity index (χ4v) is 1.16. The molecule has 0 unspecified atom stereocenters. The number of carbonyl (C=O) groups is 1. The minimum atomic E-state index is -2.73. The van der Waals surface area contributed by atoms with Crippen LogP contribution in [0.2, 0.25) is 0 Å². The van der Waals surface area contributed by atoms with Crippen molar-refractivity contribution in [3.63, 3.8) is 0 Å². The van der Waals surface area contributed by atoms with E-state index in [-0.39, 0.29) is 17.7 Å². The number of hydrogen-bond donors (Lipinski definition) is 1. The van der Waals surface area contributed by atoms with Gasteiger partial charge in [-0.3, -0.25) is 0 Å². The monoisotopic (exact) mass is 214 g/mol. The van der Waals surface area contributed by atoms with Crippen molar-refractivity contribution in [3.8, 4) is 5.75 Å². The van der Waals surface area contributed by atoms with E-state index in [4.69, 9.17) is 9.84 Å². The standard InChI is InChI=1S/C10H8F2O3/c11-10(12)5-8(10)15-7-3-1-6(2-4-7)9(13)14/h1-4,8H,5H2,(H,13,14)/t8-/m0/s1. The Bertz CT molecular complexity index is 386. The molecule has 3 nitrogen and oxygen atoms in total. The van der Waals surface area contributed by atoms with Crippen molar-refractivity contribution in [1.29, 1.82) is 0 Å². The zero-order valence-corrected chi connectivity index (χ0v) is 7.61. The van der Waals surface area contributed by atoms with Crippen molar-refractivity contribution >= 4 is 5.97 Å². The molecular weight excluding hydrogens is 206 g/mol. The molecule has 0 bridgehead atoms. The van der Waals surface area contributed by atoms with Crippen molar-refractivity contribution < 1.29 is 23.4 Å². The maximum atomic E-state index is 12.5. The van der Waals surface area contributed by atoms with Crippen molar-refractivity contribution in [3.05, 3.63) is 29.8 Å². The molecule has 15 heavy (non-hydrogen) atoms. The Hall–Kier alpha value is -1.65. The molecule has 1 saturated carbocycles. The number of aromatic carboxylic acids is 1. The van der Waals surface area contributed by atoms with E-state index in [1.54, 1.807) is 0 Å². The molecule has 1 N–H and O–H groups in total. The van der Waals surface area contributed by atoms with Gasteiger partial charge in [0.05, 0.1) is 12.0 Å². The highest BCUT2D eigenvalue weighted by molar-refractivity contribution is 5.87. The minimum Gasteiger partial charge on any atom is -0.484 e. The van der Waals surface area contributed by atoms with E-state index in [0.717, 1.165) is 0 Å². The first-order valence-electron chi connectivity index (χ1n) is 4.37. The van der Waals surface area contributed by atoms with Crippen LogP contribution in [0.4, 0.5) is 8.78 Å². The second kappa shape index (κ2) is 3.18. The summed E-state index contributed by atoms with van der Waals surface area (Å²) in [7, 11) is 0. The van der Waals surface area contributed by atoms with Crippen LogP contribution >= 0.6 is 0 Å². The Kier molecular flexibility index (Phi) is 2.10. The van der Waals surface area contributed by atoms with Gasteiger partial charge in [0.2, 0.25) is 0 Å². The molecule has 0 amide bonds. The molecule has 80 valence electrons. The van der Waals surface area contributed by atoms with Crippen molar-refractivity contribution in [2.24, 2.45) is 0 Å². The number of benzene rings is 1. The number of halogens is 2. The summed E-state index contributed by atoms with van der Waals surface area (Å²) in [5.74, 6) is -3.52. The van der Waals surface area contributed by atoms with Crippen molar-refractivity contribution in [2.75, 3.05) is 0 Å². The number of carboxylic acid groups (broad SMARTS) is 1. The van der Waals surface area contributed by atoms with Crippen LogP contribution in [0.25, 0.3) is 0 Å². The van der Waals surface area contributed by atoms with Crippen LogP contribution in [0, 0.1) is 0 Å². The molecule has 0 aliphatic heterocycles. The molecule has 1 aliphatic rings. The van der Waals surface area contributed by atoms with Crippen LogP contribution in [0.3, 0.4) is 0 Å². The SMILES string of the molecule is O=C(O)c1ccc(O[C@H]2CC2(F)F)cc1. The summed E-state index contributed by atoms with van der Waals surface area (Å²) in [4.78, 5) is 10.5. The molecule has 2 rings (SSSR count). The number of alkyl halides is 2. The molecule has 1 aliphatic carbocycles. The van der Waals surface area contributed by atoms with Gasteiger partial charge in [-0.15, -0.1) is 0 Å². The molecule has 1 aromatic rings. The lowest BCUT2D eigenvalue weighted by Gasteiger charge is -2.04. The second-order valence-electron chi connectivity index (χ2n) is 3.40. The fourth-order valence-electron chi connectivity index (χ4n) is 1.16. The van der Waals surface area contributed by atoms with Gasteiger partial charge < -0.3 is 9.84 Å².